The summed E-state index contributed by atoms with van der Waals surface area (Å²) in [5.74, 6) is 1.65. The minimum Gasteiger partial charge on any atom is -0.496 e. The van der Waals surface area contributed by atoms with E-state index in [2.05, 4.69) is 17.1 Å². The fraction of sp³-hybridized carbons (Fsp3) is 0.333. The van der Waals surface area contributed by atoms with Crippen molar-refractivity contribution in [3.63, 3.8) is 0 Å². The van der Waals surface area contributed by atoms with Crippen molar-refractivity contribution in [2.45, 2.75) is 25.9 Å². The van der Waals surface area contributed by atoms with Gasteiger partial charge in [0.1, 0.15) is 11.5 Å². The summed E-state index contributed by atoms with van der Waals surface area (Å²) < 4.78 is 16.9. The molecule has 1 atom stereocenters. The quantitative estimate of drug-likeness (QED) is 0.491. The van der Waals surface area contributed by atoms with E-state index in [9.17, 15) is 4.79 Å². The molecule has 33 heavy (non-hydrogen) atoms. The van der Waals surface area contributed by atoms with Gasteiger partial charge in [-0.2, -0.15) is 0 Å². The van der Waals surface area contributed by atoms with Crippen LogP contribution in [0.4, 0.5) is 0 Å². The summed E-state index contributed by atoms with van der Waals surface area (Å²) in [4.78, 5) is 20.0. The average molecular weight is 447 g/mol. The normalized spacial score (nSPS) is 15.5. The van der Waals surface area contributed by atoms with Gasteiger partial charge in [-0.15, -0.1) is 0 Å². The minimum absolute atomic E-state index is 0.0148. The zero-order valence-electron chi connectivity index (χ0n) is 19.4. The van der Waals surface area contributed by atoms with Crippen molar-refractivity contribution in [2.24, 2.45) is 0 Å². The lowest BCUT2D eigenvalue weighted by molar-refractivity contribution is 0.0790. The van der Waals surface area contributed by atoms with E-state index in [1.165, 1.54) is 5.56 Å². The van der Waals surface area contributed by atoms with E-state index in [4.69, 9.17) is 14.2 Å². The Hall–Kier alpha value is -3.38. The Morgan fingerprint density at radius 2 is 1.79 bits per heavy atom. The van der Waals surface area contributed by atoms with Crippen LogP contribution in [0.3, 0.4) is 0 Å². The van der Waals surface area contributed by atoms with Crippen LogP contribution >= 0.6 is 0 Å². The molecule has 2 heterocycles. The summed E-state index contributed by atoms with van der Waals surface area (Å²) >= 11 is 0. The Kier molecular flexibility index (Phi) is 7.25. The van der Waals surface area contributed by atoms with Crippen molar-refractivity contribution in [1.29, 1.82) is 0 Å². The number of methoxy groups -OCH3 is 2. The number of amides is 1. The molecule has 2 aromatic carbocycles. The summed E-state index contributed by atoms with van der Waals surface area (Å²) in [6, 6.07) is 17.9. The van der Waals surface area contributed by atoms with Crippen molar-refractivity contribution in [3.8, 4) is 22.6 Å². The van der Waals surface area contributed by atoms with Gasteiger partial charge in [0.25, 0.3) is 5.91 Å². The van der Waals surface area contributed by atoms with Crippen LogP contribution in [0.25, 0.3) is 11.1 Å². The fourth-order valence-electron chi connectivity index (χ4n) is 4.38. The lowest BCUT2D eigenvalue weighted by atomic mass is 9.98. The highest BCUT2D eigenvalue weighted by molar-refractivity contribution is 5.96. The largest absolute Gasteiger partial charge is 0.496 e. The lowest BCUT2D eigenvalue weighted by Crippen LogP contribution is -2.28. The first-order chi connectivity index (χ1) is 16.2. The molecule has 0 spiro atoms. The molecule has 1 fully saturated rings. The number of rotatable bonds is 8. The van der Waals surface area contributed by atoms with Gasteiger partial charge in [0.2, 0.25) is 0 Å². The summed E-state index contributed by atoms with van der Waals surface area (Å²) in [5, 5.41) is 0. The molecule has 3 aromatic rings. The summed E-state index contributed by atoms with van der Waals surface area (Å²) in [6.45, 7) is 4.28. The number of pyridine rings is 1. The molecule has 1 aliphatic rings. The first kappa shape index (κ1) is 22.8. The number of ether oxygens (including phenoxy) is 3. The van der Waals surface area contributed by atoms with E-state index in [0.717, 1.165) is 29.8 Å². The first-order valence-corrected chi connectivity index (χ1v) is 11.3. The Labute approximate surface area is 195 Å². The standard InChI is InChI=1S/C27H30N2O4/c1-4-33-18-23-22(26-24(31-2)11-8-12-25(26)32-3)15-21(16-28-23)27(30)29-14-13-20(17-29)19-9-6-5-7-10-19/h5-12,15-16,20H,4,13-14,17-18H2,1-3H3/t20-/m1/s1. The van der Waals surface area contributed by atoms with Gasteiger partial charge in [-0.05, 0) is 37.1 Å². The SMILES string of the molecule is CCOCc1ncc(C(=O)N2CC[C@@H](c3ccccc3)C2)cc1-c1c(OC)cccc1OC. The minimum atomic E-state index is -0.0148. The number of benzene rings is 2. The number of likely N-dealkylation sites (tertiary alicyclic amines) is 1. The van der Waals surface area contributed by atoms with Crippen molar-refractivity contribution in [3.05, 3.63) is 77.6 Å². The predicted molar refractivity (Wildman–Crippen MR) is 128 cm³/mol. The van der Waals surface area contributed by atoms with Crippen LogP contribution in [0.1, 0.15) is 40.9 Å². The highest BCUT2D eigenvalue weighted by atomic mass is 16.5. The second-order valence-electron chi connectivity index (χ2n) is 8.04. The molecular weight excluding hydrogens is 416 g/mol. The smallest absolute Gasteiger partial charge is 0.255 e. The molecule has 0 N–H and O–H groups in total. The van der Waals surface area contributed by atoms with Gasteiger partial charge in [-0.3, -0.25) is 9.78 Å². The second-order valence-corrected chi connectivity index (χ2v) is 8.04. The molecule has 0 saturated carbocycles. The Morgan fingerprint density at radius 1 is 1.06 bits per heavy atom. The van der Waals surface area contributed by atoms with Gasteiger partial charge in [0, 0.05) is 37.4 Å². The molecule has 6 nitrogen and oxygen atoms in total. The Balaban J connectivity index is 1.68. The topological polar surface area (TPSA) is 60.9 Å². The molecule has 4 rings (SSSR count). The van der Waals surface area contributed by atoms with Gasteiger partial charge < -0.3 is 19.1 Å². The van der Waals surface area contributed by atoms with E-state index in [1.807, 2.05) is 54.3 Å². The Bertz CT molecular complexity index is 1080. The number of carbonyl (C=O) groups is 1. The van der Waals surface area contributed by atoms with Crippen molar-refractivity contribution >= 4 is 5.91 Å². The molecule has 6 heteroatoms. The van der Waals surface area contributed by atoms with Gasteiger partial charge in [0.05, 0.1) is 37.6 Å². The highest BCUT2D eigenvalue weighted by Crippen LogP contribution is 2.40. The van der Waals surface area contributed by atoms with Crippen LogP contribution in [0.15, 0.2) is 60.8 Å². The molecule has 1 aliphatic heterocycles. The van der Waals surface area contributed by atoms with Crippen LogP contribution in [0.2, 0.25) is 0 Å². The number of nitrogens with zero attached hydrogens (tertiary/aromatic N) is 2. The van der Waals surface area contributed by atoms with E-state index in [1.54, 1.807) is 20.4 Å². The molecule has 172 valence electrons. The first-order valence-electron chi connectivity index (χ1n) is 11.3. The highest BCUT2D eigenvalue weighted by Gasteiger charge is 2.29. The van der Waals surface area contributed by atoms with E-state index >= 15 is 0 Å². The lowest BCUT2D eigenvalue weighted by Gasteiger charge is -2.19. The third-order valence-corrected chi connectivity index (χ3v) is 6.10. The Morgan fingerprint density at radius 3 is 2.45 bits per heavy atom. The van der Waals surface area contributed by atoms with E-state index < -0.39 is 0 Å². The average Bonchev–Trinajstić information content (AvgIpc) is 3.37. The number of hydrogen-bond donors (Lipinski definition) is 0. The third kappa shape index (κ3) is 4.86. The molecular formula is C27H30N2O4. The zero-order valence-corrected chi connectivity index (χ0v) is 19.4. The number of aromatic nitrogens is 1. The van der Waals surface area contributed by atoms with E-state index in [0.29, 0.717) is 42.7 Å². The fourth-order valence-corrected chi connectivity index (χ4v) is 4.38. The monoisotopic (exact) mass is 446 g/mol. The van der Waals surface area contributed by atoms with Crippen LogP contribution in [-0.4, -0.2) is 49.7 Å². The van der Waals surface area contributed by atoms with E-state index in [-0.39, 0.29) is 5.91 Å². The molecule has 1 aromatic heterocycles. The predicted octanol–water partition coefficient (Wildman–Crippen LogP) is 4.93. The van der Waals surface area contributed by atoms with Gasteiger partial charge in [-0.25, -0.2) is 0 Å². The van der Waals surface area contributed by atoms with Crippen LogP contribution in [0.5, 0.6) is 11.5 Å². The molecule has 0 unspecified atom stereocenters. The molecule has 0 bridgehead atoms. The summed E-state index contributed by atoms with van der Waals surface area (Å²) in [6.07, 6.45) is 2.61. The number of hydrogen-bond acceptors (Lipinski definition) is 5. The molecule has 0 radical (unpaired) electrons. The molecule has 0 aliphatic carbocycles. The molecule has 1 saturated heterocycles. The second kappa shape index (κ2) is 10.5. The van der Waals surface area contributed by atoms with Crippen LogP contribution in [0, 0.1) is 0 Å². The summed E-state index contributed by atoms with van der Waals surface area (Å²) in [7, 11) is 3.24. The van der Waals surface area contributed by atoms with Crippen molar-refractivity contribution in [2.75, 3.05) is 33.9 Å². The van der Waals surface area contributed by atoms with Gasteiger partial charge in [0.15, 0.2) is 0 Å². The van der Waals surface area contributed by atoms with Gasteiger partial charge in [-0.1, -0.05) is 36.4 Å². The maximum Gasteiger partial charge on any atom is 0.255 e. The van der Waals surface area contributed by atoms with Gasteiger partial charge >= 0.3 is 0 Å². The third-order valence-electron chi connectivity index (χ3n) is 6.10. The summed E-state index contributed by atoms with van der Waals surface area (Å²) in [5.41, 5.74) is 4.11. The maximum atomic E-state index is 13.4. The van der Waals surface area contributed by atoms with Crippen molar-refractivity contribution in [1.82, 2.24) is 9.88 Å². The van der Waals surface area contributed by atoms with Crippen molar-refractivity contribution < 1.29 is 19.0 Å². The van der Waals surface area contributed by atoms with Crippen LogP contribution < -0.4 is 9.47 Å². The van der Waals surface area contributed by atoms with Crippen LogP contribution in [-0.2, 0) is 11.3 Å². The number of carbonyl (C=O) groups excluding carboxylic acids is 1. The maximum absolute atomic E-state index is 13.4. The zero-order chi connectivity index (χ0) is 23.2. The molecule has 1 amide bonds.